The standard InChI is InChI=1S/C18H20N2OS.ClH/c21-18(20-11-14-5-3-9-19-14)16-10-13-8-7-12-4-1-2-6-15(12)17(13)22-16;/h1-2,4,6,10,14,19H,3,5,7-9,11H2,(H,20,21);1H. The van der Waals surface area contributed by atoms with Crippen LogP contribution in [-0.2, 0) is 12.8 Å². The fraction of sp³-hybridized carbons (Fsp3) is 0.389. The van der Waals surface area contributed by atoms with Gasteiger partial charge in [-0.1, -0.05) is 24.3 Å². The van der Waals surface area contributed by atoms with Crippen molar-refractivity contribution in [2.24, 2.45) is 0 Å². The lowest BCUT2D eigenvalue weighted by molar-refractivity contribution is 0.0954. The lowest BCUT2D eigenvalue weighted by Crippen LogP contribution is -2.36. The van der Waals surface area contributed by atoms with Crippen molar-refractivity contribution < 1.29 is 4.79 Å². The number of carbonyl (C=O) groups is 1. The van der Waals surface area contributed by atoms with Crippen LogP contribution < -0.4 is 10.6 Å². The maximum Gasteiger partial charge on any atom is 0.261 e. The predicted octanol–water partition coefficient (Wildman–Crippen LogP) is 3.42. The average Bonchev–Trinajstić information content (AvgIpc) is 3.21. The summed E-state index contributed by atoms with van der Waals surface area (Å²) < 4.78 is 0. The molecule has 1 aromatic heterocycles. The van der Waals surface area contributed by atoms with Gasteiger partial charge in [0.2, 0.25) is 0 Å². The molecule has 2 N–H and O–H groups in total. The lowest BCUT2D eigenvalue weighted by Gasteiger charge is -2.15. The van der Waals surface area contributed by atoms with E-state index in [1.807, 2.05) is 0 Å². The van der Waals surface area contributed by atoms with Crippen molar-refractivity contribution in [3.05, 3.63) is 46.3 Å². The minimum atomic E-state index is 0. The third-order valence-corrected chi connectivity index (χ3v) is 5.84. The van der Waals surface area contributed by atoms with Gasteiger partial charge in [-0.05, 0) is 55.0 Å². The molecular weight excluding hydrogens is 328 g/mol. The summed E-state index contributed by atoms with van der Waals surface area (Å²) in [6.07, 6.45) is 4.49. The van der Waals surface area contributed by atoms with Crippen LogP contribution in [0.1, 0.15) is 33.6 Å². The molecule has 0 saturated carbocycles. The van der Waals surface area contributed by atoms with Crippen molar-refractivity contribution in [2.75, 3.05) is 13.1 Å². The van der Waals surface area contributed by atoms with Gasteiger partial charge in [0.1, 0.15) is 0 Å². The van der Waals surface area contributed by atoms with Crippen LogP contribution in [0.15, 0.2) is 30.3 Å². The van der Waals surface area contributed by atoms with Gasteiger partial charge in [0, 0.05) is 17.5 Å². The van der Waals surface area contributed by atoms with Crippen LogP contribution in [0.4, 0.5) is 0 Å². The Bertz CT molecular complexity index is 707. The highest BCUT2D eigenvalue weighted by Crippen LogP contribution is 2.39. The van der Waals surface area contributed by atoms with Gasteiger partial charge in [0.25, 0.3) is 5.91 Å². The van der Waals surface area contributed by atoms with E-state index in [1.165, 1.54) is 28.0 Å². The quantitative estimate of drug-likeness (QED) is 0.892. The topological polar surface area (TPSA) is 41.1 Å². The van der Waals surface area contributed by atoms with E-state index in [9.17, 15) is 4.79 Å². The summed E-state index contributed by atoms with van der Waals surface area (Å²) in [6, 6.07) is 11.1. The molecule has 122 valence electrons. The van der Waals surface area contributed by atoms with E-state index in [4.69, 9.17) is 0 Å². The molecule has 1 aromatic carbocycles. The van der Waals surface area contributed by atoms with Gasteiger partial charge in [-0.2, -0.15) is 0 Å². The summed E-state index contributed by atoms with van der Waals surface area (Å²) in [6.45, 7) is 1.81. The van der Waals surface area contributed by atoms with Crippen LogP contribution in [0.5, 0.6) is 0 Å². The van der Waals surface area contributed by atoms with Gasteiger partial charge >= 0.3 is 0 Å². The monoisotopic (exact) mass is 348 g/mol. The minimum Gasteiger partial charge on any atom is -0.350 e. The largest absolute Gasteiger partial charge is 0.350 e. The molecule has 4 rings (SSSR count). The fourth-order valence-electron chi connectivity index (χ4n) is 3.42. The zero-order valence-corrected chi connectivity index (χ0v) is 14.6. The third-order valence-electron chi connectivity index (χ3n) is 4.63. The molecule has 1 aliphatic heterocycles. The van der Waals surface area contributed by atoms with E-state index in [1.54, 1.807) is 11.3 Å². The Morgan fingerprint density at radius 3 is 2.91 bits per heavy atom. The number of halogens is 1. The highest BCUT2D eigenvalue weighted by atomic mass is 35.5. The SMILES string of the molecule is Cl.O=C(NCC1CCCN1)c1cc2c(s1)-c1ccccc1CC2. The highest BCUT2D eigenvalue weighted by Gasteiger charge is 2.22. The predicted molar refractivity (Wildman–Crippen MR) is 97.8 cm³/mol. The van der Waals surface area contributed by atoms with E-state index in [0.717, 1.165) is 37.2 Å². The molecule has 3 nitrogen and oxygen atoms in total. The number of hydrogen-bond donors (Lipinski definition) is 2. The summed E-state index contributed by atoms with van der Waals surface area (Å²) in [5.74, 6) is 0.0746. The molecule has 5 heteroatoms. The molecule has 1 atom stereocenters. The van der Waals surface area contributed by atoms with Crippen molar-refractivity contribution in [3.63, 3.8) is 0 Å². The van der Waals surface area contributed by atoms with Gasteiger partial charge < -0.3 is 10.6 Å². The maximum atomic E-state index is 12.4. The smallest absolute Gasteiger partial charge is 0.261 e. The highest BCUT2D eigenvalue weighted by molar-refractivity contribution is 7.17. The summed E-state index contributed by atoms with van der Waals surface area (Å²) >= 11 is 1.64. The van der Waals surface area contributed by atoms with Gasteiger partial charge in [-0.15, -0.1) is 23.7 Å². The third kappa shape index (κ3) is 3.30. The van der Waals surface area contributed by atoms with Crippen LogP contribution in [0.2, 0.25) is 0 Å². The van der Waals surface area contributed by atoms with Crippen molar-refractivity contribution in [1.82, 2.24) is 10.6 Å². The second kappa shape index (κ2) is 7.04. The van der Waals surface area contributed by atoms with Crippen molar-refractivity contribution in [3.8, 4) is 10.4 Å². The van der Waals surface area contributed by atoms with Crippen LogP contribution >= 0.6 is 23.7 Å². The Kier molecular flexibility index (Phi) is 5.05. The van der Waals surface area contributed by atoms with Crippen molar-refractivity contribution >= 4 is 29.7 Å². The molecule has 1 fully saturated rings. The Morgan fingerprint density at radius 2 is 2.09 bits per heavy atom. The van der Waals surface area contributed by atoms with Gasteiger partial charge in [0.15, 0.2) is 0 Å². The first-order valence-corrected chi connectivity index (χ1v) is 8.85. The molecule has 23 heavy (non-hydrogen) atoms. The minimum absolute atomic E-state index is 0. The number of nitrogens with one attached hydrogen (secondary N) is 2. The zero-order valence-electron chi connectivity index (χ0n) is 12.9. The zero-order chi connectivity index (χ0) is 14.9. The maximum absolute atomic E-state index is 12.4. The molecule has 1 unspecified atom stereocenters. The Balaban J connectivity index is 0.00000156. The van der Waals surface area contributed by atoms with Crippen molar-refractivity contribution in [2.45, 2.75) is 31.7 Å². The molecular formula is C18H21ClN2OS. The van der Waals surface area contributed by atoms with Crippen LogP contribution in [0.25, 0.3) is 10.4 Å². The van der Waals surface area contributed by atoms with Gasteiger partial charge in [-0.3, -0.25) is 4.79 Å². The lowest BCUT2D eigenvalue weighted by atomic mass is 9.91. The fourth-order valence-corrected chi connectivity index (χ4v) is 4.60. The second-order valence-electron chi connectivity index (χ2n) is 6.13. The summed E-state index contributed by atoms with van der Waals surface area (Å²) in [5, 5.41) is 6.50. The van der Waals surface area contributed by atoms with Crippen LogP contribution in [0.3, 0.4) is 0 Å². The number of amides is 1. The number of aryl methyl sites for hydroxylation is 2. The molecule has 1 aliphatic carbocycles. The van der Waals surface area contributed by atoms with Crippen molar-refractivity contribution in [1.29, 1.82) is 0 Å². The second-order valence-corrected chi connectivity index (χ2v) is 7.18. The van der Waals surface area contributed by atoms with E-state index < -0.39 is 0 Å². The molecule has 0 bridgehead atoms. The molecule has 2 aromatic rings. The molecule has 1 amide bonds. The van der Waals surface area contributed by atoms with E-state index in [0.29, 0.717) is 6.04 Å². The van der Waals surface area contributed by atoms with Gasteiger partial charge in [0.05, 0.1) is 4.88 Å². The van der Waals surface area contributed by atoms with E-state index >= 15 is 0 Å². The van der Waals surface area contributed by atoms with E-state index in [2.05, 4.69) is 41.0 Å². The average molecular weight is 349 g/mol. The van der Waals surface area contributed by atoms with E-state index in [-0.39, 0.29) is 18.3 Å². The van der Waals surface area contributed by atoms with Crippen LogP contribution in [0, 0.1) is 0 Å². The number of benzene rings is 1. The summed E-state index contributed by atoms with van der Waals surface area (Å²) in [7, 11) is 0. The molecule has 2 aliphatic rings. The Labute approximate surface area is 146 Å². The van der Waals surface area contributed by atoms with Gasteiger partial charge in [-0.25, -0.2) is 0 Å². The first kappa shape index (κ1) is 16.5. The number of rotatable bonds is 3. The first-order valence-electron chi connectivity index (χ1n) is 8.04. The molecule has 0 spiro atoms. The number of fused-ring (bicyclic) bond motifs is 3. The Morgan fingerprint density at radius 1 is 1.26 bits per heavy atom. The normalized spacial score (nSPS) is 18.7. The summed E-state index contributed by atoms with van der Waals surface area (Å²) in [5.41, 5.74) is 4.04. The number of carbonyl (C=O) groups excluding carboxylic acids is 1. The summed E-state index contributed by atoms with van der Waals surface area (Å²) in [4.78, 5) is 14.5. The molecule has 0 radical (unpaired) electrons. The molecule has 2 heterocycles. The number of hydrogen-bond acceptors (Lipinski definition) is 3. The molecule has 1 saturated heterocycles. The first-order chi connectivity index (χ1) is 10.8. The van der Waals surface area contributed by atoms with Crippen LogP contribution in [-0.4, -0.2) is 25.0 Å². The number of thiophene rings is 1. The Hall–Kier alpha value is -1.36.